The monoisotopic (exact) mass is 307 g/mol. The maximum Gasteiger partial charge on any atom is 0.325 e. The molecule has 22 heavy (non-hydrogen) atoms. The van der Waals surface area contributed by atoms with Gasteiger partial charge in [-0.05, 0) is 19.1 Å². The maximum atomic E-state index is 11.8. The first-order chi connectivity index (χ1) is 10.4. The van der Waals surface area contributed by atoms with Gasteiger partial charge in [-0.25, -0.2) is 4.79 Å². The van der Waals surface area contributed by atoms with Crippen LogP contribution in [0.5, 0.6) is 0 Å². The first-order valence-corrected chi connectivity index (χ1v) is 6.44. The Labute approximate surface area is 127 Å². The van der Waals surface area contributed by atoms with E-state index in [-0.39, 0.29) is 6.54 Å². The van der Waals surface area contributed by atoms with E-state index >= 15 is 0 Å². The summed E-state index contributed by atoms with van der Waals surface area (Å²) in [5.41, 5.74) is 1.34. The standard InChI is InChI=1S/C14H17N3O5/c1-9-4-3-5-10(6-9)13(20)16-7-12(19)22-8-11(18)17-14(21)15-2/h3-6H,7-8H2,1-2H3,(H,16,20)(H2,15,17,18,21). The van der Waals surface area contributed by atoms with Gasteiger partial charge in [-0.2, -0.15) is 0 Å². The molecule has 0 radical (unpaired) electrons. The molecule has 0 atom stereocenters. The second-order valence-corrected chi connectivity index (χ2v) is 4.34. The van der Waals surface area contributed by atoms with Gasteiger partial charge >= 0.3 is 12.0 Å². The SMILES string of the molecule is CNC(=O)NC(=O)COC(=O)CNC(=O)c1cccc(C)c1. The fourth-order valence-corrected chi connectivity index (χ4v) is 1.46. The summed E-state index contributed by atoms with van der Waals surface area (Å²) < 4.78 is 4.61. The summed E-state index contributed by atoms with van der Waals surface area (Å²) in [4.78, 5) is 45.2. The van der Waals surface area contributed by atoms with Crippen LogP contribution in [0, 0.1) is 6.92 Å². The van der Waals surface area contributed by atoms with Crippen molar-refractivity contribution >= 4 is 23.8 Å². The van der Waals surface area contributed by atoms with Crippen LogP contribution in [-0.2, 0) is 14.3 Å². The van der Waals surface area contributed by atoms with Crippen molar-refractivity contribution in [1.82, 2.24) is 16.0 Å². The van der Waals surface area contributed by atoms with Crippen LogP contribution in [0.2, 0.25) is 0 Å². The van der Waals surface area contributed by atoms with E-state index in [1.165, 1.54) is 7.05 Å². The number of imide groups is 1. The molecule has 0 unspecified atom stereocenters. The molecule has 0 fully saturated rings. The molecule has 1 aromatic carbocycles. The Morgan fingerprint density at radius 2 is 1.91 bits per heavy atom. The van der Waals surface area contributed by atoms with Gasteiger partial charge in [0.2, 0.25) is 0 Å². The van der Waals surface area contributed by atoms with Gasteiger partial charge in [-0.3, -0.25) is 19.7 Å². The smallest absolute Gasteiger partial charge is 0.325 e. The molecule has 0 heterocycles. The van der Waals surface area contributed by atoms with E-state index in [0.717, 1.165) is 5.56 Å². The van der Waals surface area contributed by atoms with Crippen LogP contribution in [0.15, 0.2) is 24.3 Å². The Morgan fingerprint density at radius 3 is 2.55 bits per heavy atom. The predicted octanol–water partition coefficient (Wildman–Crippen LogP) is -0.276. The molecule has 118 valence electrons. The minimum Gasteiger partial charge on any atom is -0.454 e. The first kappa shape index (κ1) is 17.2. The summed E-state index contributed by atoms with van der Waals surface area (Å²) in [5.74, 6) is -1.97. The summed E-state index contributed by atoms with van der Waals surface area (Å²) in [5, 5.41) is 6.48. The van der Waals surface area contributed by atoms with Crippen molar-refractivity contribution in [2.24, 2.45) is 0 Å². The van der Waals surface area contributed by atoms with Crippen LogP contribution >= 0.6 is 0 Å². The van der Waals surface area contributed by atoms with E-state index in [1.807, 2.05) is 18.3 Å². The third kappa shape index (κ3) is 6.04. The minimum atomic E-state index is -0.784. The molecule has 0 saturated heterocycles. The average molecular weight is 307 g/mol. The molecule has 1 rings (SSSR count). The van der Waals surface area contributed by atoms with Crippen molar-refractivity contribution in [3.8, 4) is 0 Å². The maximum absolute atomic E-state index is 11.8. The van der Waals surface area contributed by atoms with Gasteiger partial charge in [0.15, 0.2) is 6.61 Å². The Balaban J connectivity index is 2.32. The van der Waals surface area contributed by atoms with Gasteiger partial charge in [-0.1, -0.05) is 17.7 Å². The van der Waals surface area contributed by atoms with Crippen LogP contribution < -0.4 is 16.0 Å². The highest BCUT2D eigenvalue weighted by Gasteiger charge is 2.12. The highest BCUT2D eigenvalue weighted by molar-refractivity contribution is 5.97. The summed E-state index contributed by atoms with van der Waals surface area (Å²) >= 11 is 0. The van der Waals surface area contributed by atoms with Crippen molar-refractivity contribution in [2.75, 3.05) is 20.2 Å². The fourth-order valence-electron chi connectivity index (χ4n) is 1.46. The number of nitrogens with one attached hydrogen (secondary N) is 3. The summed E-state index contributed by atoms with van der Waals surface area (Å²) in [7, 11) is 1.34. The zero-order valence-electron chi connectivity index (χ0n) is 12.3. The zero-order chi connectivity index (χ0) is 16.5. The Bertz CT molecular complexity index is 586. The van der Waals surface area contributed by atoms with Crippen molar-refractivity contribution < 1.29 is 23.9 Å². The molecule has 8 heteroatoms. The van der Waals surface area contributed by atoms with Gasteiger partial charge in [0.25, 0.3) is 11.8 Å². The molecule has 0 spiro atoms. The van der Waals surface area contributed by atoms with E-state index in [4.69, 9.17) is 0 Å². The Morgan fingerprint density at radius 1 is 1.18 bits per heavy atom. The summed E-state index contributed by atoms with van der Waals surface area (Å²) in [6.07, 6.45) is 0. The molecule has 0 bridgehead atoms. The molecule has 0 aliphatic carbocycles. The van der Waals surface area contributed by atoms with Crippen LogP contribution in [0.4, 0.5) is 4.79 Å². The summed E-state index contributed by atoms with van der Waals surface area (Å²) in [6.45, 7) is 0.864. The molecular formula is C14H17N3O5. The number of hydrogen-bond acceptors (Lipinski definition) is 5. The third-order valence-electron chi connectivity index (χ3n) is 2.52. The van der Waals surface area contributed by atoms with Crippen molar-refractivity contribution in [3.05, 3.63) is 35.4 Å². The molecule has 8 nitrogen and oxygen atoms in total. The predicted molar refractivity (Wildman–Crippen MR) is 77.1 cm³/mol. The van der Waals surface area contributed by atoms with Crippen LogP contribution in [0.1, 0.15) is 15.9 Å². The number of esters is 1. The lowest BCUT2D eigenvalue weighted by molar-refractivity contribution is -0.147. The molecule has 3 N–H and O–H groups in total. The number of hydrogen-bond donors (Lipinski definition) is 3. The number of urea groups is 1. The number of amides is 4. The van der Waals surface area contributed by atoms with Crippen molar-refractivity contribution in [2.45, 2.75) is 6.92 Å². The van der Waals surface area contributed by atoms with E-state index < -0.39 is 30.4 Å². The molecule has 0 aliphatic heterocycles. The largest absolute Gasteiger partial charge is 0.454 e. The van der Waals surface area contributed by atoms with Crippen molar-refractivity contribution in [3.63, 3.8) is 0 Å². The lowest BCUT2D eigenvalue weighted by Gasteiger charge is -2.07. The van der Waals surface area contributed by atoms with E-state index in [1.54, 1.807) is 18.2 Å². The Kier molecular flexibility index (Phi) is 6.55. The molecular weight excluding hydrogens is 290 g/mol. The topological polar surface area (TPSA) is 114 Å². The second kappa shape index (κ2) is 8.40. The highest BCUT2D eigenvalue weighted by Crippen LogP contribution is 2.03. The van der Waals surface area contributed by atoms with Crippen LogP contribution in [-0.4, -0.2) is 44.0 Å². The third-order valence-corrected chi connectivity index (χ3v) is 2.52. The van der Waals surface area contributed by atoms with Crippen LogP contribution in [0.3, 0.4) is 0 Å². The molecule has 0 saturated carbocycles. The normalized spacial score (nSPS) is 9.55. The van der Waals surface area contributed by atoms with Gasteiger partial charge in [0.1, 0.15) is 6.54 Å². The van der Waals surface area contributed by atoms with E-state index in [9.17, 15) is 19.2 Å². The van der Waals surface area contributed by atoms with Gasteiger partial charge in [0.05, 0.1) is 0 Å². The quantitative estimate of drug-likeness (QED) is 0.648. The minimum absolute atomic E-state index is 0.375. The summed E-state index contributed by atoms with van der Waals surface area (Å²) in [6, 6.07) is 6.16. The fraction of sp³-hybridized carbons (Fsp3) is 0.286. The molecule has 0 aliphatic rings. The number of carbonyl (C=O) groups excluding carboxylic acids is 4. The number of carbonyl (C=O) groups is 4. The van der Waals surface area contributed by atoms with Gasteiger partial charge in [0, 0.05) is 12.6 Å². The molecule has 1 aromatic rings. The van der Waals surface area contributed by atoms with Gasteiger partial charge in [-0.15, -0.1) is 0 Å². The number of benzene rings is 1. The number of rotatable bonds is 5. The van der Waals surface area contributed by atoms with Crippen LogP contribution in [0.25, 0.3) is 0 Å². The number of aryl methyl sites for hydroxylation is 1. The lowest BCUT2D eigenvalue weighted by atomic mass is 10.1. The highest BCUT2D eigenvalue weighted by atomic mass is 16.5. The van der Waals surface area contributed by atoms with E-state index in [2.05, 4.69) is 15.4 Å². The molecule has 4 amide bonds. The second-order valence-electron chi connectivity index (χ2n) is 4.34. The average Bonchev–Trinajstić information content (AvgIpc) is 2.50. The van der Waals surface area contributed by atoms with Gasteiger partial charge < -0.3 is 15.4 Å². The molecule has 0 aromatic heterocycles. The number of ether oxygens (including phenoxy) is 1. The first-order valence-electron chi connectivity index (χ1n) is 6.44. The lowest BCUT2D eigenvalue weighted by Crippen LogP contribution is -2.40. The van der Waals surface area contributed by atoms with E-state index in [0.29, 0.717) is 5.56 Å². The Hall–Kier alpha value is -2.90. The zero-order valence-corrected chi connectivity index (χ0v) is 12.3. The van der Waals surface area contributed by atoms with Crippen molar-refractivity contribution in [1.29, 1.82) is 0 Å².